The molecule has 0 saturated carbocycles. The van der Waals surface area contributed by atoms with Gasteiger partial charge in [-0.2, -0.15) is 5.26 Å². The maximum absolute atomic E-state index is 12.1. The molecule has 0 N–H and O–H groups in total. The summed E-state index contributed by atoms with van der Waals surface area (Å²) in [6, 6.07) is 2.15. The number of piperidine rings is 1. The number of nitriles is 1. The molecule has 3 nitrogen and oxygen atoms in total. The van der Waals surface area contributed by atoms with Crippen LogP contribution in [0.1, 0.15) is 40.0 Å². The maximum Gasteiger partial charge on any atom is 0.242 e. The second kappa shape index (κ2) is 4.65. The number of carbonyl (C=O) groups is 1. The Morgan fingerprint density at radius 2 is 2.33 bits per heavy atom. The van der Waals surface area contributed by atoms with Gasteiger partial charge in [0, 0.05) is 13.1 Å². The fourth-order valence-corrected chi connectivity index (χ4v) is 2.00. The van der Waals surface area contributed by atoms with Crippen LogP contribution >= 0.6 is 0 Å². The zero-order valence-electron chi connectivity index (χ0n) is 9.92. The van der Waals surface area contributed by atoms with Crippen molar-refractivity contribution in [3.63, 3.8) is 0 Å². The van der Waals surface area contributed by atoms with Crippen LogP contribution in [0, 0.1) is 22.7 Å². The summed E-state index contributed by atoms with van der Waals surface area (Å²) >= 11 is 0. The average Bonchev–Trinajstić information content (AvgIpc) is 2.27. The molecular formula is C12H20N2O. The molecular weight excluding hydrogens is 188 g/mol. The van der Waals surface area contributed by atoms with Gasteiger partial charge in [-0.3, -0.25) is 4.79 Å². The number of carbonyl (C=O) groups excluding carboxylic acids is 1. The van der Waals surface area contributed by atoms with Gasteiger partial charge in [0.25, 0.3) is 0 Å². The van der Waals surface area contributed by atoms with E-state index < -0.39 is 5.41 Å². The highest BCUT2D eigenvalue weighted by molar-refractivity contribution is 5.85. The van der Waals surface area contributed by atoms with E-state index in [1.807, 2.05) is 11.8 Å². The van der Waals surface area contributed by atoms with Gasteiger partial charge < -0.3 is 4.90 Å². The topological polar surface area (TPSA) is 44.1 Å². The number of hydrogen-bond acceptors (Lipinski definition) is 2. The highest BCUT2D eigenvalue weighted by atomic mass is 16.2. The summed E-state index contributed by atoms with van der Waals surface area (Å²) in [7, 11) is 0. The van der Waals surface area contributed by atoms with Crippen molar-refractivity contribution in [1.82, 2.24) is 4.90 Å². The zero-order chi connectivity index (χ0) is 11.5. The van der Waals surface area contributed by atoms with E-state index in [1.165, 1.54) is 6.42 Å². The van der Waals surface area contributed by atoms with E-state index in [0.717, 1.165) is 19.5 Å². The van der Waals surface area contributed by atoms with E-state index in [1.54, 1.807) is 6.92 Å². The van der Waals surface area contributed by atoms with Crippen molar-refractivity contribution in [2.45, 2.75) is 40.0 Å². The van der Waals surface area contributed by atoms with Crippen molar-refractivity contribution in [2.75, 3.05) is 13.1 Å². The molecule has 1 heterocycles. The normalized spacial score (nSPS) is 25.5. The summed E-state index contributed by atoms with van der Waals surface area (Å²) < 4.78 is 0. The van der Waals surface area contributed by atoms with E-state index in [2.05, 4.69) is 13.0 Å². The first-order valence-corrected chi connectivity index (χ1v) is 5.74. The summed E-state index contributed by atoms with van der Waals surface area (Å²) in [5.74, 6) is 0.585. The molecule has 1 saturated heterocycles. The molecule has 0 bridgehead atoms. The molecule has 15 heavy (non-hydrogen) atoms. The predicted molar refractivity (Wildman–Crippen MR) is 59.0 cm³/mol. The zero-order valence-corrected chi connectivity index (χ0v) is 9.92. The Morgan fingerprint density at radius 1 is 1.67 bits per heavy atom. The molecule has 84 valence electrons. The fraction of sp³-hybridized carbons (Fsp3) is 0.833. The molecule has 1 aliphatic rings. The molecule has 0 spiro atoms. The molecule has 2 unspecified atom stereocenters. The Bertz CT molecular complexity index is 282. The Morgan fingerprint density at radius 3 is 2.80 bits per heavy atom. The lowest BCUT2D eigenvalue weighted by Crippen LogP contribution is -2.46. The summed E-state index contributed by atoms with van der Waals surface area (Å²) in [6.07, 6.45) is 2.85. The van der Waals surface area contributed by atoms with Gasteiger partial charge in [0.1, 0.15) is 5.41 Å². The van der Waals surface area contributed by atoms with Crippen molar-refractivity contribution in [2.24, 2.45) is 11.3 Å². The molecule has 0 aliphatic carbocycles. The lowest BCUT2D eigenvalue weighted by Gasteiger charge is -2.35. The van der Waals surface area contributed by atoms with Gasteiger partial charge in [-0.25, -0.2) is 0 Å². The van der Waals surface area contributed by atoms with Crippen LogP contribution < -0.4 is 0 Å². The number of likely N-dealkylation sites (tertiary alicyclic amines) is 1. The second-order valence-corrected chi connectivity index (χ2v) is 4.80. The van der Waals surface area contributed by atoms with Crippen LogP contribution in [0.25, 0.3) is 0 Å². The van der Waals surface area contributed by atoms with Crippen LogP contribution in [0.4, 0.5) is 0 Å². The number of rotatable bonds is 2. The van der Waals surface area contributed by atoms with Gasteiger partial charge in [-0.05, 0) is 32.1 Å². The first-order chi connectivity index (χ1) is 7.03. The summed E-state index contributed by atoms with van der Waals surface area (Å²) in [4.78, 5) is 14.0. The van der Waals surface area contributed by atoms with E-state index in [9.17, 15) is 4.79 Å². The quantitative estimate of drug-likeness (QED) is 0.698. The highest BCUT2D eigenvalue weighted by Crippen LogP contribution is 2.26. The lowest BCUT2D eigenvalue weighted by molar-refractivity contribution is -0.140. The molecule has 2 atom stereocenters. The Balaban J connectivity index is 2.71. The van der Waals surface area contributed by atoms with Crippen molar-refractivity contribution < 1.29 is 4.79 Å². The van der Waals surface area contributed by atoms with Gasteiger partial charge >= 0.3 is 0 Å². The largest absolute Gasteiger partial charge is 0.341 e. The molecule has 1 aliphatic heterocycles. The number of hydrogen-bond donors (Lipinski definition) is 0. The molecule has 0 aromatic heterocycles. The van der Waals surface area contributed by atoms with Crippen LogP contribution in [0.15, 0.2) is 0 Å². The smallest absolute Gasteiger partial charge is 0.242 e. The van der Waals surface area contributed by atoms with Crippen molar-refractivity contribution >= 4 is 5.91 Å². The maximum atomic E-state index is 12.1. The second-order valence-electron chi connectivity index (χ2n) is 4.80. The molecule has 0 aromatic rings. The standard InChI is InChI=1S/C12H20N2O/c1-4-12(3,9-13)11(15)14-7-5-6-10(2)8-14/h10H,4-8H2,1-3H3. The van der Waals surface area contributed by atoms with Gasteiger partial charge in [-0.15, -0.1) is 0 Å². The van der Waals surface area contributed by atoms with Gasteiger partial charge in [0.05, 0.1) is 6.07 Å². The monoisotopic (exact) mass is 208 g/mol. The Hall–Kier alpha value is -1.04. The Labute approximate surface area is 92.1 Å². The lowest BCUT2D eigenvalue weighted by atomic mass is 9.86. The van der Waals surface area contributed by atoms with E-state index in [0.29, 0.717) is 12.3 Å². The van der Waals surface area contributed by atoms with Crippen molar-refractivity contribution in [1.29, 1.82) is 5.26 Å². The molecule has 0 aromatic carbocycles. The molecule has 1 rings (SSSR count). The van der Waals surface area contributed by atoms with E-state index >= 15 is 0 Å². The van der Waals surface area contributed by atoms with Crippen molar-refractivity contribution in [3.05, 3.63) is 0 Å². The summed E-state index contributed by atoms with van der Waals surface area (Å²) in [6.45, 7) is 7.44. The Kier molecular flexibility index (Phi) is 3.73. The molecule has 0 radical (unpaired) electrons. The third kappa shape index (κ3) is 2.50. The number of nitrogens with zero attached hydrogens (tertiary/aromatic N) is 2. The minimum atomic E-state index is -0.822. The van der Waals surface area contributed by atoms with Gasteiger partial charge in [-0.1, -0.05) is 13.8 Å². The van der Waals surface area contributed by atoms with E-state index in [4.69, 9.17) is 5.26 Å². The van der Waals surface area contributed by atoms with Crippen LogP contribution in [0.5, 0.6) is 0 Å². The van der Waals surface area contributed by atoms with Crippen LogP contribution in [0.3, 0.4) is 0 Å². The van der Waals surface area contributed by atoms with Gasteiger partial charge in [0.15, 0.2) is 0 Å². The first-order valence-electron chi connectivity index (χ1n) is 5.74. The van der Waals surface area contributed by atoms with Crippen LogP contribution in [0.2, 0.25) is 0 Å². The highest BCUT2D eigenvalue weighted by Gasteiger charge is 2.36. The van der Waals surface area contributed by atoms with Gasteiger partial charge in [0.2, 0.25) is 5.91 Å². The molecule has 3 heteroatoms. The van der Waals surface area contributed by atoms with E-state index in [-0.39, 0.29) is 5.91 Å². The third-order valence-electron chi connectivity index (χ3n) is 3.37. The van der Waals surface area contributed by atoms with Crippen molar-refractivity contribution in [3.8, 4) is 6.07 Å². The number of amides is 1. The minimum absolute atomic E-state index is 0.0130. The summed E-state index contributed by atoms with van der Waals surface area (Å²) in [5, 5.41) is 9.05. The van der Waals surface area contributed by atoms with Crippen LogP contribution in [-0.2, 0) is 4.79 Å². The fourth-order valence-electron chi connectivity index (χ4n) is 2.00. The average molecular weight is 208 g/mol. The molecule has 1 fully saturated rings. The minimum Gasteiger partial charge on any atom is -0.341 e. The molecule has 1 amide bonds. The van der Waals surface area contributed by atoms with Crippen LogP contribution in [-0.4, -0.2) is 23.9 Å². The summed E-state index contributed by atoms with van der Waals surface area (Å²) in [5.41, 5.74) is -0.822. The predicted octanol–water partition coefficient (Wildman–Crippen LogP) is 2.18. The third-order valence-corrected chi connectivity index (χ3v) is 3.37. The first kappa shape index (κ1) is 12.0. The SMILES string of the molecule is CCC(C)(C#N)C(=O)N1CCCC(C)C1.